The summed E-state index contributed by atoms with van der Waals surface area (Å²) in [7, 11) is 0. The van der Waals surface area contributed by atoms with Gasteiger partial charge >= 0.3 is 5.97 Å². The van der Waals surface area contributed by atoms with Crippen molar-refractivity contribution in [2.75, 3.05) is 89.8 Å². The zero-order valence-electron chi connectivity index (χ0n) is 66.9. The number of aliphatic carboxylic acids is 1. The fraction of sp³-hybridized carbons (Fsp3) is 0.435. The minimum Gasteiger partial charge on any atom is -0.491 e. The number of nitrogens with zero attached hydrogens (tertiary/aromatic N) is 6. The lowest BCUT2D eigenvalue weighted by Crippen LogP contribution is -2.57. The van der Waals surface area contributed by atoms with Gasteiger partial charge < -0.3 is 75.2 Å². The van der Waals surface area contributed by atoms with Crippen molar-refractivity contribution in [1.29, 1.82) is 0 Å². The maximum Gasteiger partial charge on any atom is 0.329 e. The second kappa shape index (κ2) is 42.2. The second-order valence-corrected chi connectivity index (χ2v) is 34.9. The number of benzene rings is 6. The molecule has 118 heavy (non-hydrogen) atoms. The van der Waals surface area contributed by atoms with Crippen LogP contribution in [0, 0.1) is 44.9 Å². The number of hydrogen-bond acceptors (Lipinski definition) is 27. The molecule has 0 saturated carbocycles. The first-order chi connectivity index (χ1) is 55.7. The Bertz CT molecular complexity index is 4820. The third-order valence-electron chi connectivity index (χ3n) is 19.9. The molecular weight excluding hydrogens is 1590 g/mol. The summed E-state index contributed by atoms with van der Waals surface area (Å²) in [6, 6.07) is 33.8. The summed E-state index contributed by atoms with van der Waals surface area (Å²) < 4.78 is 32.8. The SMILES string of the molecule is C.Cc1ncsc1-c1ccc([C@H](C)CC(=O)[C@@H]2C[C@@H](O)CN2C(=O)[C@@H](N)C(C)(C)C)cc1.Cc1ncsc1-c1ccc([C@H](C)CC(=O)[C@@H]2C[C@@H](O)CN2C(=O)[C@@H](NC(=O)COCCOCCOc2ccc3c(c2)Sc2cc([N+](=O)[O-])ccc2N3)C(C)(C)C)cc1.O=C(O)COCCOCCOc1ccc2c(c1)Sc1cc([N+](=O)[O-])ccc1N2. The van der Waals surface area contributed by atoms with E-state index in [2.05, 4.69) is 38.1 Å². The number of aryl methyl sites for hydroxylation is 2. The van der Waals surface area contributed by atoms with Gasteiger partial charge in [0.25, 0.3) is 11.4 Å². The molecule has 8 atom stereocenters. The van der Waals surface area contributed by atoms with Gasteiger partial charge in [0, 0.05) is 82.6 Å². The largest absolute Gasteiger partial charge is 0.491 e. The summed E-state index contributed by atoms with van der Waals surface area (Å²) in [5.74, 6) is -1.15. The maximum absolute atomic E-state index is 14.0. The van der Waals surface area contributed by atoms with E-state index >= 15 is 0 Å². The van der Waals surface area contributed by atoms with Crippen LogP contribution in [-0.4, -0.2) is 196 Å². The number of β-amino-alcohol motifs (C(OH)–C–C–N with tert-alkyl or cyclic N) is 2. The summed E-state index contributed by atoms with van der Waals surface area (Å²) in [6.45, 7) is 20.8. The number of carboxylic acid groups (broad SMARTS) is 1. The third-order valence-corrected chi connectivity index (χ3v) is 24.1. The number of aliphatic hydroxyl groups is 2. The molecule has 0 aliphatic carbocycles. The number of aliphatic hydroxyl groups excluding tert-OH is 2. The van der Waals surface area contributed by atoms with Gasteiger partial charge in [-0.15, -0.1) is 22.7 Å². The number of aromatic nitrogens is 2. The van der Waals surface area contributed by atoms with Gasteiger partial charge in [0.05, 0.1) is 135 Å². The van der Waals surface area contributed by atoms with Gasteiger partial charge in [-0.1, -0.05) is 135 Å². The van der Waals surface area contributed by atoms with Crippen molar-refractivity contribution in [1.82, 2.24) is 25.1 Å². The smallest absolute Gasteiger partial charge is 0.329 e. The van der Waals surface area contributed by atoms with Crippen molar-refractivity contribution in [3.8, 4) is 32.4 Å². The van der Waals surface area contributed by atoms with Crippen LogP contribution in [0.15, 0.2) is 152 Å². The van der Waals surface area contributed by atoms with Crippen molar-refractivity contribution in [3.05, 3.63) is 175 Å². The Labute approximate surface area is 702 Å². The highest BCUT2D eigenvalue weighted by Crippen LogP contribution is 2.48. The Hall–Kier alpha value is -9.78. The normalized spacial score (nSPS) is 16.8. The molecule has 632 valence electrons. The van der Waals surface area contributed by atoms with Gasteiger partial charge in [0.2, 0.25) is 17.7 Å². The number of nitro benzene ring substituents is 2. The number of nitrogens with two attached hydrogens (primary N) is 1. The topological polar surface area (TPSA) is 399 Å². The highest BCUT2D eigenvalue weighted by atomic mass is 32.2. The number of thiazole rings is 2. The number of ether oxygens (including phenoxy) is 6. The average molecular weight is 1700 g/mol. The van der Waals surface area contributed by atoms with E-state index in [1.807, 2.05) is 153 Å². The van der Waals surface area contributed by atoms with E-state index in [1.165, 1.54) is 45.5 Å². The van der Waals surface area contributed by atoms with Crippen LogP contribution in [0.3, 0.4) is 0 Å². The predicted molar refractivity (Wildman–Crippen MR) is 454 cm³/mol. The molecule has 0 radical (unpaired) electrons. The van der Waals surface area contributed by atoms with E-state index in [0.717, 1.165) is 85.7 Å². The quantitative estimate of drug-likeness (QED) is 0.0114. The Morgan fingerprint density at radius 2 is 0.932 bits per heavy atom. The molecule has 0 unspecified atom stereocenters. The van der Waals surface area contributed by atoms with Crippen molar-refractivity contribution in [3.63, 3.8) is 0 Å². The van der Waals surface area contributed by atoms with E-state index in [1.54, 1.807) is 46.9 Å². The van der Waals surface area contributed by atoms with Crippen LogP contribution in [0.2, 0.25) is 0 Å². The highest BCUT2D eigenvalue weighted by molar-refractivity contribution is 8.00. The number of nitrogens with one attached hydrogen (secondary N) is 3. The van der Waals surface area contributed by atoms with E-state index in [0.29, 0.717) is 31.1 Å². The molecule has 0 bridgehead atoms. The number of amides is 3. The number of carboxylic acids is 1. The molecule has 2 saturated heterocycles. The van der Waals surface area contributed by atoms with E-state index in [-0.39, 0.29) is 133 Å². The number of ketones is 2. The first kappa shape index (κ1) is 92.1. The third kappa shape index (κ3) is 25.2. The molecule has 4 aliphatic heterocycles. The average Bonchev–Trinajstić information content (AvgIpc) is 0.820. The van der Waals surface area contributed by atoms with Crippen molar-refractivity contribution < 1.29 is 82.4 Å². The molecule has 8 N–H and O–H groups in total. The van der Waals surface area contributed by atoms with E-state index in [4.69, 9.17) is 39.3 Å². The number of nitro groups is 2. The summed E-state index contributed by atoms with van der Waals surface area (Å²) in [4.78, 5) is 115. The molecule has 0 spiro atoms. The van der Waals surface area contributed by atoms with E-state index < -0.39 is 74.8 Å². The zero-order chi connectivity index (χ0) is 84.4. The number of hydrogen-bond donors (Lipinski definition) is 7. The summed E-state index contributed by atoms with van der Waals surface area (Å²) in [5.41, 5.74) is 18.5. The Kier molecular flexibility index (Phi) is 33.0. The maximum atomic E-state index is 14.0. The second-order valence-electron chi connectivity index (χ2n) is 31.0. The molecule has 33 heteroatoms. The van der Waals surface area contributed by atoms with Gasteiger partial charge in [-0.05, 0) is 107 Å². The first-order valence-corrected chi connectivity index (χ1v) is 41.7. The molecule has 6 aromatic carbocycles. The zero-order valence-corrected chi connectivity index (χ0v) is 70.2. The molecular formula is C85H104N10O19S4. The first-order valence-electron chi connectivity index (χ1n) is 38.3. The lowest BCUT2D eigenvalue weighted by atomic mass is 9.85. The van der Waals surface area contributed by atoms with Crippen LogP contribution in [0.25, 0.3) is 20.9 Å². The van der Waals surface area contributed by atoms with Crippen molar-refractivity contribution in [2.24, 2.45) is 16.6 Å². The van der Waals surface area contributed by atoms with Gasteiger partial charge in [-0.3, -0.25) is 44.2 Å². The fourth-order valence-corrected chi connectivity index (χ4v) is 17.1. The lowest BCUT2D eigenvalue weighted by Gasteiger charge is -2.35. The van der Waals surface area contributed by atoms with Crippen LogP contribution >= 0.6 is 46.2 Å². The molecule has 29 nitrogen and oxygen atoms in total. The molecule has 8 aromatic rings. The minimum atomic E-state index is -1.01. The predicted octanol–water partition coefficient (Wildman–Crippen LogP) is 14.4. The molecule has 2 aromatic heterocycles. The molecule has 2 fully saturated rings. The number of carbonyl (C=O) groups excluding carboxylic acids is 5. The standard InChI is InChI=1S/C42H49N5O9S2.C24H33N3O3S.C18H18N2O7S.CH4/c1-25(27-6-8-28(9-7-27)39-26(2)43-24-57-39)18-35(49)34-20-30(48)22-46(34)41(51)40(42(3,4)5)45-38(50)23-55-15-14-54-16-17-56-31-11-13-33-37(21-31)58-36-19-29(47(52)53)10-12-32(36)44-33;1-14(16-6-8-17(9-7-16)21-15(2)26-13-31-21)10-20(29)19-11-18(28)12-27(19)23(30)22(25)24(3,4)5;21-18(22)11-26-6-5-25-7-8-27-13-2-4-15-17(10-13)28-16-9-12(20(23)24)1-3-14(16)19-15;/h6-13,19,21,24-25,30,34,40,44,48H,14-18,20,22-23H2,1-5H3,(H,45,50);6-9,13-14,18-19,22,28H,10-12,25H2,1-5H3;1-4,9-10,19H,5-8,11H2,(H,21,22);1H4/t25-,30-,34+,40-;14-,18-,19+,22-;;/m11../s1. The Morgan fingerprint density at radius 1 is 0.551 bits per heavy atom. The summed E-state index contributed by atoms with van der Waals surface area (Å²) in [5, 5.41) is 60.7. The Balaban J connectivity index is 0.000000222. The van der Waals surface area contributed by atoms with Crippen LogP contribution < -0.4 is 31.2 Å². The Morgan fingerprint density at radius 3 is 1.31 bits per heavy atom. The molecule has 3 amide bonds. The minimum absolute atomic E-state index is 0. The molecule has 6 heterocycles. The van der Waals surface area contributed by atoms with Crippen LogP contribution in [0.4, 0.5) is 34.1 Å². The number of Topliss-reactive ketones (excluding diaryl/α,β-unsaturated/α-hetero) is 2. The number of anilines is 4. The monoisotopic (exact) mass is 1700 g/mol. The fourth-order valence-electron chi connectivity index (χ4n) is 13.4. The van der Waals surface area contributed by atoms with Crippen molar-refractivity contribution >= 4 is 116 Å². The molecule has 4 aliphatic rings. The number of fused-ring (bicyclic) bond motifs is 4. The van der Waals surface area contributed by atoms with Gasteiger partial charge in [0.15, 0.2) is 11.6 Å². The van der Waals surface area contributed by atoms with Gasteiger partial charge in [-0.25, -0.2) is 14.8 Å². The van der Waals surface area contributed by atoms with Crippen LogP contribution in [-0.2, 0) is 47.7 Å². The highest BCUT2D eigenvalue weighted by Gasteiger charge is 2.46. The lowest BCUT2D eigenvalue weighted by molar-refractivity contribution is -0.385. The number of carbonyl (C=O) groups is 6. The number of rotatable bonds is 33. The summed E-state index contributed by atoms with van der Waals surface area (Å²) >= 11 is 6.06. The van der Waals surface area contributed by atoms with Crippen LogP contribution in [0.5, 0.6) is 11.5 Å². The van der Waals surface area contributed by atoms with E-state index in [9.17, 15) is 59.2 Å². The number of likely N-dealkylation sites (tertiary alicyclic amines) is 2. The van der Waals surface area contributed by atoms with Gasteiger partial charge in [0.1, 0.15) is 44.0 Å². The summed E-state index contributed by atoms with van der Waals surface area (Å²) in [6.07, 6.45) is -0.607. The van der Waals surface area contributed by atoms with Crippen LogP contribution in [0.1, 0.15) is 123 Å². The molecule has 12 rings (SSSR count). The van der Waals surface area contributed by atoms with Gasteiger partial charge in [-0.2, -0.15) is 0 Å². The van der Waals surface area contributed by atoms with Crippen molar-refractivity contribution in [2.45, 2.75) is 170 Å². The number of non-ortho nitro benzene ring substituents is 2.